The lowest BCUT2D eigenvalue weighted by atomic mass is 9.95. The number of anilines is 1. The first-order valence-corrected chi connectivity index (χ1v) is 9.06. The Kier molecular flexibility index (Phi) is 3.52. The molecule has 0 bridgehead atoms. The van der Waals surface area contributed by atoms with Gasteiger partial charge in [-0.2, -0.15) is 8.78 Å². The number of aliphatic hydroxyl groups is 1. The third-order valence-electron chi connectivity index (χ3n) is 5.54. The maximum absolute atomic E-state index is 14.4. The standard InChI is InChI=1S/C19H20F2N4O/c20-19(21)5-3-15-16(12-1-2-13-8-22-6-4-11(13)7-12)23-18(24-17(15)19)25-9-14(26)10-25/h1-2,7,14,22,26H,3-6,8-10H2. The van der Waals surface area contributed by atoms with Gasteiger partial charge in [0.2, 0.25) is 5.95 Å². The molecule has 1 fully saturated rings. The topological polar surface area (TPSA) is 61.3 Å². The minimum Gasteiger partial charge on any atom is -0.389 e. The fourth-order valence-electron chi connectivity index (χ4n) is 4.04. The van der Waals surface area contributed by atoms with Gasteiger partial charge in [0.05, 0.1) is 11.8 Å². The smallest absolute Gasteiger partial charge is 0.290 e. The minimum atomic E-state index is -2.91. The van der Waals surface area contributed by atoms with Crippen molar-refractivity contribution in [3.63, 3.8) is 0 Å². The van der Waals surface area contributed by atoms with Gasteiger partial charge in [-0.3, -0.25) is 0 Å². The average molecular weight is 358 g/mol. The van der Waals surface area contributed by atoms with E-state index in [-0.39, 0.29) is 12.1 Å². The van der Waals surface area contributed by atoms with Gasteiger partial charge in [0.15, 0.2) is 0 Å². The summed E-state index contributed by atoms with van der Waals surface area (Å²) in [4.78, 5) is 10.6. The molecule has 7 heteroatoms. The molecule has 3 heterocycles. The van der Waals surface area contributed by atoms with Gasteiger partial charge in [-0.05, 0) is 36.6 Å². The lowest BCUT2D eigenvalue weighted by Gasteiger charge is -2.36. The van der Waals surface area contributed by atoms with Crippen molar-refractivity contribution in [1.82, 2.24) is 15.3 Å². The maximum Gasteiger partial charge on any atom is 0.290 e. The summed E-state index contributed by atoms with van der Waals surface area (Å²) in [5.41, 5.74) is 4.42. The molecule has 1 aromatic carbocycles. The Morgan fingerprint density at radius 1 is 1.15 bits per heavy atom. The molecule has 5 rings (SSSR count). The maximum atomic E-state index is 14.4. The Bertz CT molecular complexity index is 880. The molecule has 1 aromatic heterocycles. The fourth-order valence-corrected chi connectivity index (χ4v) is 4.04. The lowest BCUT2D eigenvalue weighted by molar-refractivity contribution is -0.00596. The van der Waals surface area contributed by atoms with Crippen LogP contribution in [0.15, 0.2) is 18.2 Å². The Morgan fingerprint density at radius 3 is 2.81 bits per heavy atom. The van der Waals surface area contributed by atoms with Crippen LogP contribution in [-0.4, -0.2) is 40.8 Å². The summed E-state index contributed by atoms with van der Waals surface area (Å²) in [6.07, 6.45) is 0.564. The minimum absolute atomic E-state index is 0.140. The zero-order valence-corrected chi connectivity index (χ0v) is 14.3. The van der Waals surface area contributed by atoms with Crippen molar-refractivity contribution in [3.05, 3.63) is 40.6 Å². The molecule has 1 aliphatic carbocycles. The van der Waals surface area contributed by atoms with Gasteiger partial charge in [0.1, 0.15) is 5.69 Å². The SMILES string of the molecule is OC1CN(c2nc(-c3ccc4c(c3)CCNC4)c3c(n2)C(F)(F)CC3)C1. The van der Waals surface area contributed by atoms with Gasteiger partial charge in [0, 0.05) is 37.2 Å². The van der Waals surface area contributed by atoms with Crippen LogP contribution in [0.25, 0.3) is 11.3 Å². The number of fused-ring (bicyclic) bond motifs is 2. The average Bonchev–Trinajstić information content (AvgIpc) is 2.93. The van der Waals surface area contributed by atoms with E-state index in [0.717, 1.165) is 25.1 Å². The summed E-state index contributed by atoms with van der Waals surface area (Å²) < 4.78 is 28.8. The second-order valence-electron chi connectivity index (χ2n) is 7.37. The Balaban J connectivity index is 1.64. The quantitative estimate of drug-likeness (QED) is 0.860. The van der Waals surface area contributed by atoms with E-state index >= 15 is 0 Å². The number of aliphatic hydroxyl groups excluding tert-OH is 1. The van der Waals surface area contributed by atoms with Crippen LogP contribution in [0.1, 0.15) is 28.8 Å². The summed E-state index contributed by atoms with van der Waals surface area (Å²) in [5, 5.41) is 12.9. The Hall–Kier alpha value is -2.12. The van der Waals surface area contributed by atoms with Gasteiger partial charge in [-0.25, -0.2) is 9.97 Å². The number of aromatic nitrogens is 2. The van der Waals surface area contributed by atoms with E-state index < -0.39 is 12.0 Å². The van der Waals surface area contributed by atoms with Crippen molar-refractivity contribution in [1.29, 1.82) is 0 Å². The highest BCUT2D eigenvalue weighted by molar-refractivity contribution is 5.68. The molecule has 136 valence electrons. The summed E-state index contributed by atoms with van der Waals surface area (Å²) in [6, 6.07) is 6.12. The highest BCUT2D eigenvalue weighted by atomic mass is 19.3. The van der Waals surface area contributed by atoms with Crippen molar-refractivity contribution in [3.8, 4) is 11.3 Å². The zero-order chi connectivity index (χ0) is 17.9. The van der Waals surface area contributed by atoms with E-state index in [4.69, 9.17) is 0 Å². The molecular formula is C19H20F2N4O. The predicted octanol–water partition coefficient (Wildman–Crippen LogP) is 2.01. The molecular weight excluding hydrogens is 338 g/mol. The molecule has 0 amide bonds. The van der Waals surface area contributed by atoms with Crippen LogP contribution in [0.3, 0.4) is 0 Å². The normalized spacial score (nSPS) is 21.3. The molecule has 1 saturated heterocycles. The van der Waals surface area contributed by atoms with Crippen LogP contribution in [0.4, 0.5) is 14.7 Å². The van der Waals surface area contributed by atoms with Crippen molar-refractivity contribution >= 4 is 5.95 Å². The van der Waals surface area contributed by atoms with Crippen LogP contribution in [-0.2, 0) is 25.3 Å². The number of hydrogen-bond acceptors (Lipinski definition) is 5. The number of halogens is 2. The molecule has 3 aliphatic rings. The molecule has 2 N–H and O–H groups in total. The molecule has 5 nitrogen and oxygen atoms in total. The van der Waals surface area contributed by atoms with Gasteiger partial charge in [-0.15, -0.1) is 0 Å². The van der Waals surface area contributed by atoms with Crippen LogP contribution in [0, 0.1) is 0 Å². The molecule has 0 saturated carbocycles. The molecule has 0 radical (unpaired) electrons. The molecule has 2 aliphatic heterocycles. The number of hydrogen-bond donors (Lipinski definition) is 2. The van der Waals surface area contributed by atoms with Gasteiger partial charge in [0.25, 0.3) is 5.92 Å². The van der Waals surface area contributed by atoms with Crippen molar-refractivity contribution < 1.29 is 13.9 Å². The molecule has 0 spiro atoms. The van der Waals surface area contributed by atoms with Crippen LogP contribution >= 0.6 is 0 Å². The Morgan fingerprint density at radius 2 is 2.00 bits per heavy atom. The van der Waals surface area contributed by atoms with Crippen molar-refractivity contribution in [2.75, 3.05) is 24.5 Å². The third-order valence-corrected chi connectivity index (χ3v) is 5.54. The zero-order valence-electron chi connectivity index (χ0n) is 14.3. The Labute approximate surface area is 150 Å². The summed E-state index contributed by atoms with van der Waals surface area (Å²) in [5.74, 6) is -2.62. The van der Waals surface area contributed by atoms with E-state index in [2.05, 4.69) is 27.4 Å². The second-order valence-corrected chi connectivity index (χ2v) is 7.37. The van der Waals surface area contributed by atoms with E-state index in [0.29, 0.717) is 36.7 Å². The van der Waals surface area contributed by atoms with Gasteiger partial charge < -0.3 is 15.3 Å². The first kappa shape index (κ1) is 16.1. The van der Waals surface area contributed by atoms with Crippen molar-refractivity contribution in [2.24, 2.45) is 0 Å². The lowest BCUT2D eigenvalue weighted by Crippen LogP contribution is -2.51. The van der Waals surface area contributed by atoms with Gasteiger partial charge in [-0.1, -0.05) is 12.1 Å². The van der Waals surface area contributed by atoms with Crippen LogP contribution < -0.4 is 10.2 Å². The summed E-state index contributed by atoms with van der Waals surface area (Å²) in [6.45, 7) is 2.54. The monoisotopic (exact) mass is 358 g/mol. The van der Waals surface area contributed by atoms with Crippen LogP contribution in [0.5, 0.6) is 0 Å². The van der Waals surface area contributed by atoms with E-state index in [1.165, 1.54) is 11.1 Å². The number of alkyl halides is 2. The number of nitrogens with one attached hydrogen (secondary N) is 1. The first-order chi connectivity index (χ1) is 12.5. The van der Waals surface area contributed by atoms with Crippen LogP contribution in [0.2, 0.25) is 0 Å². The van der Waals surface area contributed by atoms with E-state index in [1.54, 1.807) is 4.90 Å². The highest BCUT2D eigenvalue weighted by Crippen LogP contribution is 2.44. The molecule has 0 atom stereocenters. The second kappa shape index (κ2) is 5.69. The molecule has 0 unspecified atom stereocenters. The summed E-state index contributed by atoms with van der Waals surface area (Å²) >= 11 is 0. The number of rotatable bonds is 2. The predicted molar refractivity (Wildman–Crippen MR) is 93.3 cm³/mol. The van der Waals surface area contributed by atoms with E-state index in [1.807, 2.05) is 6.07 Å². The first-order valence-electron chi connectivity index (χ1n) is 9.06. The molecule has 2 aromatic rings. The molecule has 26 heavy (non-hydrogen) atoms. The third kappa shape index (κ3) is 2.49. The fraction of sp³-hybridized carbons (Fsp3) is 0.474. The summed E-state index contributed by atoms with van der Waals surface area (Å²) in [7, 11) is 0. The number of benzene rings is 1. The highest BCUT2D eigenvalue weighted by Gasteiger charge is 2.44. The van der Waals surface area contributed by atoms with Crippen molar-refractivity contribution in [2.45, 2.75) is 37.8 Å². The van der Waals surface area contributed by atoms with E-state index in [9.17, 15) is 13.9 Å². The largest absolute Gasteiger partial charge is 0.389 e. The number of nitrogens with zero attached hydrogens (tertiary/aromatic N) is 3. The van der Waals surface area contributed by atoms with Gasteiger partial charge >= 0.3 is 0 Å². The number of β-amino-alcohol motifs (C(OH)–C–C–N with tert-alkyl or cyclic N) is 1.